The van der Waals surface area contributed by atoms with Gasteiger partial charge in [0, 0.05) is 6.42 Å². The van der Waals surface area contributed by atoms with E-state index in [1.807, 2.05) is 69.2 Å². The summed E-state index contributed by atoms with van der Waals surface area (Å²) in [6.07, 6.45) is 1.09. The predicted molar refractivity (Wildman–Crippen MR) is 221 cm³/mol. The molecule has 0 aliphatic heterocycles. The summed E-state index contributed by atoms with van der Waals surface area (Å²) in [5.74, 6) is -5.67. The number of aliphatic hydroxyl groups excluding tert-OH is 1. The molecule has 9 N–H and O–H groups in total. The summed E-state index contributed by atoms with van der Waals surface area (Å²) in [6, 6.07) is -8.11. The summed E-state index contributed by atoms with van der Waals surface area (Å²) in [4.78, 5) is 105. The lowest BCUT2D eigenvalue weighted by molar-refractivity contribution is -0.142. The number of aliphatic carboxylic acids is 1. The highest BCUT2D eigenvalue weighted by Crippen LogP contribution is 2.13. The van der Waals surface area contributed by atoms with E-state index < -0.39 is 95.7 Å². The van der Waals surface area contributed by atoms with E-state index in [1.165, 1.54) is 20.8 Å². The van der Waals surface area contributed by atoms with Crippen LogP contribution in [0.1, 0.15) is 135 Å². The first-order chi connectivity index (χ1) is 26.7. The van der Waals surface area contributed by atoms with Crippen LogP contribution in [0.4, 0.5) is 0 Å². The topological polar surface area (TPSA) is 261 Å². The molecule has 0 fully saturated rings. The minimum absolute atomic E-state index is 0.0448. The molecule has 0 aromatic carbocycles. The molecule has 8 unspecified atom stereocenters. The van der Waals surface area contributed by atoms with Crippen LogP contribution in [-0.4, -0.2) is 106 Å². The standard InChI is InChI=1S/C41H75N7O10/c1-21(2)15-14-16-33(50)48-34(28(13)49)40(56)42-26(11)35(51)44-30(18-23(5)6)37(53)46-32(20-25(9)10)39(55)47-31(19-24(7)8)38(54)45-29(17-22(3)4)36(52)43-27(12)41(57)58/h21-32,34,49H,14-20H2,1-13H3,(H,42,56)(H,43,52)(H,44,51)(H,45,54)(H,46,53)(H,47,55)(H,48,50)(H,57,58). The second-order valence-corrected chi connectivity index (χ2v) is 17.6. The maximum Gasteiger partial charge on any atom is 0.325 e. The SMILES string of the molecule is CC(C)CCCC(=O)NC(C(=O)NC(C)C(=O)NC(CC(C)C)C(=O)NC(CC(C)C)C(=O)NC(CC(C)C)C(=O)NC(CC(C)C)C(=O)NC(C)C(=O)O)C(C)O. The van der Waals surface area contributed by atoms with Crippen molar-refractivity contribution in [2.24, 2.45) is 29.6 Å². The van der Waals surface area contributed by atoms with Gasteiger partial charge in [-0.05, 0) is 82.5 Å². The van der Waals surface area contributed by atoms with Crippen LogP contribution in [0.3, 0.4) is 0 Å². The fraction of sp³-hybridized carbons (Fsp3) is 0.805. The fourth-order valence-electron chi connectivity index (χ4n) is 5.99. The third-order valence-corrected chi connectivity index (χ3v) is 9.11. The Kier molecular flexibility index (Phi) is 24.7. The summed E-state index contributed by atoms with van der Waals surface area (Å²) in [5, 5.41) is 37.8. The normalized spacial score (nSPS) is 15.7. The average molecular weight is 826 g/mol. The number of carboxylic acids is 1. The molecule has 8 atom stereocenters. The molecule has 0 bridgehead atoms. The van der Waals surface area contributed by atoms with Crippen molar-refractivity contribution >= 4 is 47.3 Å². The number of carbonyl (C=O) groups is 8. The van der Waals surface area contributed by atoms with Crippen LogP contribution in [0, 0.1) is 29.6 Å². The van der Waals surface area contributed by atoms with Gasteiger partial charge in [-0.1, -0.05) is 75.7 Å². The Balaban J connectivity index is 6.08. The molecule has 0 spiro atoms. The number of hydrogen-bond acceptors (Lipinski definition) is 9. The lowest BCUT2D eigenvalue weighted by Gasteiger charge is -2.29. The van der Waals surface area contributed by atoms with Gasteiger partial charge in [-0.15, -0.1) is 0 Å². The molecular weight excluding hydrogens is 750 g/mol. The van der Waals surface area contributed by atoms with Crippen LogP contribution < -0.4 is 37.2 Å². The Hall–Kier alpha value is -4.28. The maximum atomic E-state index is 13.9. The zero-order chi connectivity index (χ0) is 45.0. The second kappa shape index (κ2) is 26.7. The summed E-state index contributed by atoms with van der Waals surface area (Å²) in [5.41, 5.74) is 0. The Morgan fingerprint density at radius 3 is 1.05 bits per heavy atom. The van der Waals surface area contributed by atoms with Gasteiger partial charge in [0.15, 0.2) is 0 Å². The van der Waals surface area contributed by atoms with Gasteiger partial charge < -0.3 is 47.4 Å². The fourth-order valence-corrected chi connectivity index (χ4v) is 5.99. The average Bonchev–Trinajstić information content (AvgIpc) is 3.07. The zero-order valence-corrected chi connectivity index (χ0v) is 37.1. The van der Waals surface area contributed by atoms with Crippen molar-refractivity contribution in [1.82, 2.24) is 37.2 Å². The van der Waals surface area contributed by atoms with Gasteiger partial charge in [0.05, 0.1) is 6.10 Å². The molecule has 0 radical (unpaired) electrons. The Bertz CT molecular complexity index is 1370. The van der Waals surface area contributed by atoms with E-state index in [2.05, 4.69) is 37.2 Å². The van der Waals surface area contributed by atoms with Crippen molar-refractivity contribution in [1.29, 1.82) is 0 Å². The molecule has 0 saturated carbocycles. The first kappa shape index (κ1) is 53.7. The van der Waals surface area contributed by atoms with Crippen molar-refractivity contribution < 1.29 is 48.6 Å². The second-order valence-electron chi connectivity index (χ2n) is 17.6. The van der Waals surface area contributed by atoms with E-state index in [4.69, 9.17) is 0 Å². The number of carbonyl (C=O) groups excluding carboxylic acids is 7. The number of rotatable bonds is 27. The van der Waals surface area contributed by atoms with Crippen molar-refractivity contribution in [2.75, 3.05) is 0 Å². The largest absolute Gasteiger partial charge is 0.480 e. The van der Waals surface area contributed by atoms with Gasteiger partial charge in [-0.25, -0.2) is 0 Å². The molecule has 0 aromatic heterocycles. The van der Waals surface area contributed by atoms with Gasteiger partial charge in [0.2, 0.25) is 41.4 Å². The smallest absolute Gasteiger partial charge is 0.325 e. The molecule has 17 nitrogen and oxygen atoms in total. The number of aliphatic hydroxyl groups is 1. The van der Waals surface area contributed by atoms with E-state index >= 15 is 0 Å². The first-order valence-electron chi connectivity index (χ1n) is 20.8. The van der Waals surface area contributed by atoms with Crippen molar-refractivity contribution in [2.45, 2.75) is 183 Å². The zero-order valence-electron chi connectivity index (χ0n) is 37.1. The highest BCUT2D eigenvalue weighted by atomic mass is 16.4. The Labute approximate surface area is 345 Å². The lowest BCUT2D eigenvalue weighted by Crippen LogP contribution is -2.60. The minimum atomic E-state index is -1.31. The third kappa shape index (κ3) is 22.0. The lowest BCUT2D eigenvalue weighted by atomic mass is 9.98. The molecule has 58 heavy (non-hydrogen) atoms. The van der Waals surface area contributed by atoms with Crippen molar-refractivity contribution in [3.8, 4) is 0 Å². The molecule has 0 rings (SSSR count). The first-order valence-corrected chi connectivity index (χ1v) is 20.8. The monoisotopic (exact) mass is 826 g/mol. The molecule has 0 aromatic rings. The van der Waals surface area contributed by atoms with Gasteiger partial charge in [-0.2, -0.15) is 0 Å². The minimum Gasteiger partial charge on any atom is -0.480 e. The van der Waals surface area contributed by atoms with E-state index in [9.17, 15) is 48.6 Å². The maximum absolute atomic E-state index is 13.9. The summed E-state index contributed by atoms with van der Waals surface area (Å²) in [7, 11) is 0. The number of nitrogens with one attached hydrogen (secondary N) is 7. The Morgan fingerprint density at radius 1 is 0.414 bits per heavy atom. The molecule has 334 valence electrons. The molecule has 0 heterocycles. The van der Waals surface area contributed by atoms with E-state index in [0.717, 1.165) is 6.42 Å². The van der Waals surface area contributed by atoms with E-state index in [0.29, 0.717) is 12.3 Å². The summed E-state index contributed by atoms with van der Waals surface area (Å²) in [6.45, 7) is 22.9. The summed E-state index contributed by atoms with van der Waals surface area (Å²) >= 11 is 0. The van der Waals surface area contributed by atoms with Crippen LogP contribution in [0.25, 0.3) is 0 Å². The van der Waals surface area contributed by atoms with Gasteiger partial charge in [0.1, 0.15) is 42.3 Å². The molecule has 0 saturated heterocycles. The van der Waals surface area contributed by atoms with Gasteiger partial charge >= 0.3 is 5.97 Å². The van der Waals surface area contributed by atoms with Crippen LogP contribution in [0.5, 0.6) is 0 Å². The molecule has 0 aliphatic carbocycles. The van der Waals surface area contributed by atoms with Gasteiger partial charge in [-0.3, -0.25) is 38.4 Å². The highest BCUT2D eigenvalue weighted by Gasteiger charge is 2.34. The highest BCUT2D eigenvalue weighted by molar-refractivity contribution is 5.97. The van der Waals surface area contributed by atoms with Crippen molar-refractivity contribution in [3.05, 3.63) is 0 Å². The van der Waals surface area contributed by atoms with Crippen LogP contribution >= 0.6 is 0 Å². The Morgan fingerprint density at radius 2 is 0.741 bits per heavy atom. The van der Waals surface area contributed by atoms with Crippen LogP contribution in [0.2, 0.25) is 0 Å². The molecule has 7 amide bonds. The van der Waals surface area contributed by atoms with Gasteiger partial charge in [0.25, 0.3) is 0 Å². The van der Waals surface area contributed by atoms with E-state index in [-0.39, 0.29) is 55.8 Å². The quantitative estimate of drug-likeness (QED) is 0.0581. The van der Waals surface area contributed by atoms with Crippen LogP contribution in [-0.2, 0) is 38.4 Å². The van der Waals surface area contributed by atoms with E-state index in [1.54, 1.807) is 0 Å². The predicted octanol–water partition coefficient (Wildman–Crippen LogP) is 1.90. The number of hydrogen-bond donors (Lipinski definition) is 9. The van der Waals surface area contributed by atoms with Crippen LogP contribution in [0.15, 0.2) is 0 Å². The third-order valence-electron chi connectivity index (χ3n) is 9.11. The molecular formula is C41H75N7O10. The number of carboxylic acid groups (broad SMARTS) is 1. The molecule has 0 aliphatic rings. The van der Waals surface area contributed by atoms with Crippen molar-refractivity contribution in [3.63, 3.8) is 0 Å². The number of amides is 7. The summed E-state index contributed by atoms with van der Waals surface area (Å²) < 4.78 is 0. The molecule has 17 heteroatoms.